The Morgan fingerprint density at radius 3 is 2.93 bits per heavy atom. The fourth-order valence-corrected chi connectivity index (χ4v) is 4.10. The number of nitriles is 1. The number of fused-ring (bicyclic) bond motifs is 2. The lowest BCUT2D eigenvalue weighted by atomic mass is 9.97. The van der Waals surface area contributed by atoms with Crippen molar-refractivity contribution in [2.75, 3.05) is 25.0 Å². The molecule has 0 aromatic carbocycles. The molecular weight excluding hydrogens is 370 g/mol. The van der Waals surface area contributed by atoms with Crippen LogP contribution in [0, 0.1) is 11.3 Å². The van der Waals surface area contributed by atoms with Crippen molar-refractivity contribution in [2.24, 2.45) is 0 Å². The third-order valence-corrected chi connectivity index (χ3v) is 5.41. The molecule has 1 spiro atoms. The number of anilines is 2. The third kappa shape index (κ3) is 3.07. The average Bonchev–Trinajstić information content (AvgIpc) is 2.95. The summed E-state index contributed by atoms with van der Waals surface area (Å²) in [6.07, 6.45) is 3.07. The summed E-state index contributed by atoms with van der Waals surface area (Å²) in [5.74, 6) is 0.475. The highest BCUT2D eigenvalue weighted by atomic mass is 35.5. The van der Waals surface area contributed by atoms with E-state index in [2.05, 4.69) is 26.7 Å². The largest absolute Gasteiger partial charge is 0.373 e. The maximum absolute atomic E-state index is 13.2. The van der Waals surface area contributed by atoms with Crippen LogP contribution in [0.15, 0.2) is 29.5 Å². The summed E-state index contributed by atoms with van der Waals surface area (Å²) < 4.78 is 1.56. The topological polar surface area (TPSA) is 119 Å². The molecule has 0 saturated carbocycles. The van der Waals surface area contributed by atoms with Gasteiger partial charge in [0, 0.05) is 19.3 Å². The average molecular weight is 388 g/mol. The van der Waals surface area contributed by atoms with Crippen molar-refractivity contribution in [1.82, 2.24) is 24.8 Å². The van der Waals surface area contributed by atoms with Crippen molar-refractivity contribution >= 4 is 23.1 Å². The lowest BCUT2D eigenvalue weighted by Gasteiger charge is -2.40. The molecule has 2 aliphatic rings. The molecule has 27 heavy (non-hydrogen) atoms. The first-order chi connectivity index (χ1) is 13.0. The molecule has 4 heterocycles. The number of aliphatic hydroxyl groups excluding tert-OH is 1. The summed E-state index contributed by atoms with van der Waals surface area (Å²) >= 11 is 6.40. The zero-order valence-corrected chi connectivity index (χ0v) is 15.1. The van der Waals surface area contributed by atoms with Crippen LogP contribution in [0.3, 0.4) is 0 Å². The molecule has 0 bridgehead atoms. The lowest BCUT2D eigenvalue weighted by Crippen LogP contribution is -2.54. The molecule has 4 rings (SSSR count). The van der Waals surface area contributed by atoms with E-state index < -0.39 is 11.9 Å². The molecule has 2 aromatic heterocycles. The number of nitrogens with one attached hydrogen (secondary N) is 2. The molecule has 1 unspecified atom stereocenters. The predicted molar refractivity (Wildman–Crippen MR) is 98.4 cm³/mol. The number of hydrogen-bond acceptors (Lipinski definition) is 8. The number of rotatable bonds is 3. The molecule has 9 nitrogen and oxygen atoms in total. The van der Waals surface area contributed by atoms with Crippen molar-refractivity contribution in [1.29, 1.82) is 5.26 Å². The van der Waals surface area contributed by atoms with Gasteiger partial charge < -0.3 is 10.4 Å². The van der Waals surface area contributed by atoms with Gasteiger partial charge in [0.2, 0.25) is 0 Å². The summed E-state index contributed by atoms with van der Waals surface area (Å²) in [7, 11) is 0. The number of hydrogen-bond donors (Lipinski definition) is 3. The maximum Gasteiger partial charge on any atom is 0.276 e. The Morgan fingerprint density at radius 2 is 2.26 bits per heavy atom. The van der Waals surface area contributed by atoms with E-state index in [-0.39, 0.29) is 11.2 Å². The molecule has 2 aliphatic heterocycles. The Morgan fingerprint density at radius 1 is 1.48 bits per heavy atom. The number of piperidine rings is 1. The van der Waals surface area contributed by atoms with E-state index >= 15 is 0 Å². The van der Waals surface area contributed by atoms with Crippen molar-refractivity contribution in [2.45, 2.75) is 24.7 Å². The van der Waals surface area contributed by atoms with Gasteiger partial charge in [0.15, 0.2) is 0 Å². The van der Waals surface area contributed by atoms with Crippen LogP contribution in [0.25, 0.3) is 0 Å². The smallest absolute Gasteiger partial charge is 0.276 e. The van der Waals surface area contributed by atoms with Gasteiger partial charge >= 0.3 is 0 Å². The van der Waals surface area contributed by atoms with Crippen molar-refractivity contribution in [3.8, 4) is 6.07 Å². The molecule has 0 radical (unpaired) electrons. The molecule has 0 aliphatic carbocycles. The van der Waals surface area contributed by atoms with Crippen LogP contribution in [0.4, 0.5) is 11.5 Å². The normalized spacial score (nSPS) is 21.0. The van der Waals surface area contributed by atoms with Crippen molar-refractivity contribution < 1.29 is 5.11 Å². The second-order valence-electron chi connectivity index (χ2n) is 6.66. The van der Waals surface area contributed by atoms with Gasteiger partial charge in [-0.05, 0) is 25.0 Å². The minimum atomic E-state index is -1.03. The first-order valence-electron chi connectivity index (χ1n) is 8.58. The molecule has 2 aromatic rings. The molecule has 1 saturated heterocycles. The summed E-state index contributed by atoms with van der Waals surface area (Å²) in [6.45, 7) is 1.62. The van der Waals surface area contributed by atoms with Crippen LogP contribution >= 0.6 is 11.6 Å². The van der Waals surface area contributed by atoms with E-state index in [9.17, 15) is 9.90 Å². The number of aliphatic hydroxyl groups is 1. The summed E-state index contributed by atoms with van der Waals surface area (Å²) in [4.78, 5) is 23.2. The highest BCUT2D eigenvalue weighted by molar-refractivity contribution is 6.31. The Hall–Kier alpha value is -2.51. The number of aromatic nitrogens is 3. The SMILES string of the molecule is N#CCN1CCC2(CC1)NC(O)c1c(Cl)cc(Nc3ccncn3)c(=O)n12. The predicted octanol–water partition coefficient (Wildman–Crippen LogP) is 0.902. The van der Waals surface area contributed by atoms with E-state index in [4.69, 9.17) is 16.9 Å². The molecule has 140 valence electrons. The molecule has 3 N–H and O–H groups in total. The Balaban J connectivity index is 1.74. The number of likely N-dealkylation sites (tertiary alicyclic amines) is 1. The summed E-state index contributed by atoms with van der Waals surface area (Å²) in [6, 6.07) is 5.30. The second kappa shape index (κ2) is 6.90. The maximum atomic E-state index is 13.2. The van der Waals surface area contributed by atoms with Gasteiger partial charge in [-0.15, -0.1) is 0 Å². The zero-order valence-electron chi connectivity index (χ0n) is 14.4. The van der Waals surface area contributed by atoms with Crippen molar-refractivity contribution in [3.63, 3.8) is 0 Å². The van der Waals surface area contributed by atoms with Gasteiger partial charge in [0.1, 0.15) is 29.7 Å². The van der Waals surface area contributed by atoms with Crippen molar-refractivity contribution in [3.05, 3.63) is 45.7 Å². The summed E-state index contributed by atoms with van der Waals surface area (Å²) in [5.41, 5.74) is -0.378. The first kappa shape index (κ1) is 17.9. The van der Waals surface area contributed by atoms with Crippen LogP contribution in [0.1, 0.15) is 24.8 Å². The van der Waals surface area contributed by atoms with E-state index in [1.165, 1.54) is 12.4 Å². The van der Waals surface area contributed by atoms with Gasteiger partial charge in [-0.25, -0.2) is 9.97 Å². The van der Waals surface area contributed by atoms with Crippen LogP contribution in [0.5, 0.6) is 0 Å². The Bertz CT molecular complexity index is 948. The number of pyridine rings is 1. The first-order valence-corrected chi connectivity index (χ1v) is 8.96. The molecule has 1 atom stereocenters. The van der Waals surface area contributed by atoms with Gasteiger partial charge in [0.25, 0.3) is 5.56 Å². The van der Waals surface area contributed by atoms with Gasteiger partial charge in [-0.3, -0.25) is 19.6 Å². The molecule has 0 amide bonds. The minimum absolute atomic E-state index is 0.275. The van der Waals surface area contributed by atoms with Gasteiger partial charge in [-0.1, -0.05) is 11.6 Å². The highest BCUT2D eigenvalue weighted by Crippen LogP contribution is 2.39. The van der Waals surface area contributed by atoms with Crippen LogP contribution < -0.4 is 16.2 Å². The van der Waals surface area contributed by atoms with E-state index in [0.29, 0.717) is 49.0 Å². The Kier molecular flexibility index (Phi) is 4.57. The molecule has 1 fully saturated rings. The second-order valence-corrected chi connectivity index (χ2v) is 7.07. The third-order valence-electron chi connectivity index (χ3n) is 5.10. The van der Waals surface area contributed by atoms with Crippen LogP contribution in [0.2, 0.25) is 5.02 Å². The van der Waals surface area contributed by atoms with Gasteiger partial charge in [0.05, 0.1) is 23.3 Å². The Labute approximate surface area is 160 Å². The lowest BCUT2D eigenvalue weighted by molar-refractivity contribution is 0.0535. The fourth-order valence-electron chi connectivity index (χ4n) is 3.81. The zero-order chi connectivity index (χ0) is 19.0. The van der Waals surface area contributed by atoms with E-state index in [0.717, 1.165) is 0 Å². The highest BCUT2D eigenvalue weighted by Gasteiger charge is 2.46. The van der Waals surface area contributed by atoms with Crippen LogP contribution in [-0.4, -0.2) is 44.2 Å². The van der Waals surface area contributed by atoms with E-state index in [1.807, 2.05) is 4.90 Å². The molecule has 10 heteroatoms. The fraction of sp³-hybridized carbons (Fsp3) is 0.412. The standard InChI is InChI=1S/C17H18ClN7O2/c18-11-9-12(22-13-1-5-20-10-21-13)16(27)25-14(11)15(26)23-17(25)2-6-24(7-3-17)8-4-19/h1,5,9-10,15,23,26H,2-3,6-8H2,(H,20,21,22). The number of halogens is 1. The van der Waals surface area contributed by atoms with E-state index in [1.54, 1.807) is 16.8 Å². The van der Waals surface area contributed by atoms with Gasteiger partial charge in [-0.2, -0.15) is 5.26 Å². The summed E-state index contributed by atoms with van der Waals surface area (Å²) in [5, 5.41) is 25.8. The quantitative estimate of drug-likeness (QED) is 0.665. The monoisotopic (exact) mass is 387 g/mol. The number of nitrogens with zero attached hydrogens (tertiary/aromatic N) is 5. The minimum Gasteiger partial charge on any atom is -0.373 e. The molecular formula is C17H18ClN7O2. The van der Waals surface area contributed by atoms with Crippen LogP contribution in [-0.2, 0) is 5.66 Å².